The minimum atomic E-state index is 0.760. The summed E-state index contributed by atoms with van der Waals surface area (Å²) in [6.45, 7) is 0. The molecule has 21 heavy (non-hydrogen) atoms. The number of hydrogen-bond acceptors (Lipinski definition) is 4. The van der Waals surface area contributed by atoms with Crippen molar-refractivity contribution in [2.24, 2.45) is 0 Å². The highest BCUT2D eigenvalue weighted by Gasteiger charge is 2.11. The van der Waals surface area contributed by atoms with Crippen LogP contribution in [0.1, 0.15) is 0 Å². The monoisotopic (exact) mass is 340 g/mol. The van der Waals surface area contributed by atoms with Crippen LogP contribution in [-0.2, 0) is 0 Å². The molecule has 1 aromatic carbocycles. The Morgan fingerprint density at radius 3 is 2.67 bits per heavy atom. The molecular weight excluding hydrogens is 332 g/mol. The molecule has 0 saturated carbocycles. The fourth-order valence-electron chi connectivity index (χ4n) is 2.19. The van der Waals surface area contributed by atoms with Crippen molar-refractivity contribution in [1.82, 2.24) is 29.3 Å². The third kappa shape index (κ3) is 2.02. The van der Waals surface area contributed by atoms with E-state index in [2.05, 4.69) is 36.0 Å². The lowest BCUT2D eigenvalue weighted by molar-refractivity contribution is 0.893. The Labute approximate surface area is 128 Å². The fraction of sp³-hybridized carbons (Fsp3) is 0. The topological polar surface area (TPSA) is 61.4 Å². The summed E-state index contributed by atoms with van der Waals surface area (Å²) in [5, 5.41) is 5.30. The van der Waals surface area contributed by atoms with Crippen molar-refractivity contribution in [3.8, 4) is 11.5 Å². The molecule has 0 amide bonds. The molecule has 0 bridgehead atoms. The molecule has 0 radical (unpaired) electrons. The van der Waals surface area contributed by atoms with Crippen molar-refractivity contribution in [3.63, 3.8) is 0 Å². The molecule has 0 fully saturated rings. The molecule has 4 aromatic rings. The maximum Gasteiger partial charge on any atom is 0.168 e. The Morgan fingerprint density at radius 1 is 1.05 bits per heavy atom. The van der Waals surface area contributed by atoms with Gasteiger partial charge < -0.3 is 0 Å². The average Bonchev–Trinajstić information content (AvgIpc) is 3.17. The van der Waals surface area contributed by atoms with Gasteiger partial charge >= 0.3 is 0 Å². The molecule has 0 atom stereocenters. The number of nitrogens with zero attached hydrogens (tertiary/aromatic N) is 6. The van der Waals surface area contributed by atoms with Gasteiger partial charge in [0.1, 0.15) is 12.7 Å². The van der Waals surface area contributed by atoms with E-state index in [1.165, 1.54) is 6.33 Å². The highest BCUT2D eigenvalue weighted by molar-refractivity contribution is 9.10. The Balaban J connectivity index is 1.93. The number of hydrogen-bond donors (Lipinski definition) is 0. The van der Waals surface area contributed by atoms with Crippen LogP contribution in [0.25, 0.3) is 22.5 Å². The van der Waals surface area contributed by atoms with Gasteiger partial charge in [-0.3, -0.25) is 4.57 Å². The third-order valence-corrected chi connectivity index (χ3v) is 3.69. The van der Waals surface area contributed by atoms with E-state index in [0.29, 0.717) is 0 Å². The summed E-state index contributed by atoms with van der Waals surface area (Å²) in [4.78, 5) is 12.7. The zero-order chi connectivity index (χ0) is 14.2. The fourth-order valence-corrected chi connectivity index (χ4v) is 2.46. The van der Waals surface area contributed by atoms with Gasteiger partial charge in [0.25, 0.3) is 0 Å². The Bertz CT molecular complexity index is 895. The van der Waals surface area contributed by atoms with E-state index in [9.17, 15) is 0 Å². The lowest BCUT2D eigenvalue weighted by Gasteiger charge is -2.04. The van der Waals surface area contributed by atoms with E-state index in [4.69, 9.17) is 0 Å². The molecule has 0 N–H and O–H groups in total. The van der Waals surface area contributed by atoms with Gasteiger partial charge in [-0.1, -0.05) is 15.9 Å². The van der Waals surface area contributed by atoms with Crippen molar-refractivity contribution >= 4 is 27.0 Å². The van der Waals surface area contributed by atoms with Gasteiger partial charge in [0, 0.05) is 16.9 Å². The van der Waals surface area contributed by atoms with E-state index in [1.807, 2.05) is 35.0 Å². The normalized spacial score (nSPS) is 11.1. The van der Waals surface area contributed by atoms with Gasteiger partial charge in [0.05, 0.1) is 17.3 Å². The largest absolute Gasteiger partial charge is 0.290 e. The van der Waals surface area contributed by atoms with Gasteiger partial charge in [0.15, 0.2) is 11.5 Å². The van der Waals surface area contributed by atoms with E-state index in [1.54, 1.807) is 23.4 Å². The Kier molecular flexibility index (Phi) is 2.78. The van der Waals surface area contributed by atoms with Gasteiger partial charge in [-0.05, 0) is 24.3 Å². The van der Waals surface area contributed by atoms with Crippen LogP contribution >= 0.6 is 15.9 Å². The van der Waals surface area contributed by atoms with Crippen molar-refractivity contribution in [2.45, 2.75) is 0 Å². The molecule has 102 valence electrons. The van der Waals surface area contributed by atoms with Crippen molar-refractivity contribution in [1.29, 1.82) is 0 Å². The summed E-state index contributed by atoms with van der Waals surface area (Å²) in [6.07, 6.45) is 8.58. The second-order valence-corrected chi connectivity index (χ2v) is 5.35. The first kappa shape index (κ1) is 12.2. The maximum atomic E-state index is 4.43. The van der Waals surface area contributed by atoms with Crippen LogP contribution in [-0.4, -0.2) is 29.3 Å². The van der Waals surface area contributed by atoms with Gasteiger partial charge in [-0.2, -0.15) is 5.10 Å². The highest BCUT2D eigenvalue weighted by atomic mass is 79.9. The number of imidazole rings is 1. The van der Waals surface area contributed by atoms with Crippen molar-refractivity contribution < 1.29 is 0 Å². The number of aromatic nitrogens is 6. The third-order valence-electron chi connectivity index (χ3n) is 3.16. The summed E-state index contributed by atoms with van der Waals surface area (Å²) < 4.78 is 4.66. The molecule has 7 heteroatoms. The zero-order valence-electron chi connectivity index (χ0n) is 10.8. The molecule has 0 spiro atoms. The number of benzene rings is 1. The molecule has 3 heterocycles. The first-order valence-electron chi connectivity index (χ1n) is 6.26. The van der Waals surface area contributed by atoms with Gasteiger partial charge in [-0.15, -0.1) is 0 Å². The molecule has 0 aliphatic rings. The standard InChI is InChI=1S/C14H9BrN6/c15-10-1-3-11(4-2-10)21-14-12(7-19-21)13(17-8-18-14)20-6-5-16-9-20/h1-9H. The Hall–Kier alpha value is -2.54. The number of fused-ring (bicyclic) bond motifs is 1. The molecule has 0 unspecified atom stereocenters. The lowest BCUT2D eigenvalue weighted by atomic mass is 10.3. The predicted molar refractivity (Wildman–Crippen MR) is 81.5 cm³/mol. The minimum Gasteiger partial charge on any atom is -0.290 e. The first-order valence-corrected chi connectivity index (χ1v) is 7.05. The van der Waals surface area contributed by atoms with Crippen LogP contribution in [0.4, 0.5) is 0 Å². The van der Waals surface area contributed by atoms with E-state index < -0.39 is 0 Å². The molecule has 3 aromatic heterocycles. The highest BCUT2D eigenvalue weighted by Crippen LogP contribution is 2.21. The van der Waals surface area contributed by atoms with Crippen LogP contribution in [0.2, 0.25) is 0 Å². The molecule has 0 saturated heterocycles. The quantitative estimate of drug-likeness (QED) is 0.563. The summed E-state index contributed by atoms with van der Waals surface area (Å²) in [7, 11) is 0. The molecular formula is C14H9BrN6. The summed E-state index contributed by atoms with van der Waals surface area (Å²) in [5.41, 5.74) is 1.71. The smallest absolute Gasteiger partial charge is 0.168 e. The van der Waals surface area contributed by atoms with Crippen LogP contribution in [0.5, 0.6) is 0 Å². The van der Waals surface area contributed by atoms with Crippen LogP contribution in [0, 0.1) is 0 Å². The van der Waals surface area contributed by atoms with Crippen LogP contribution < -0.4 is 0 Å². The van der Waals surface area contributed by atoms with Gasteiger partial charge in [0.2, 0.25) is 0 Å². The minimum absolute atomic E-state index is 0.760. The van der Waals surface area contributed by atoms with E-state index >= 15 is 0 Å². The average molecular weight is 341 g/mol. The zero-order valence-corrected chi connectivity index (χ0v) is 12.3. The maximum absolute atomic E-state index is 4.43. The van der Waals surface area contributed by atoms with Crippen LogP contribution in [0.3, 0.4) is 0 Å². The molecule has 0 aliphatic heterocycles. The van der Waals surface area contributed by atoms with Crippen molar-refractivity contribution in [3.05, 3.63) is 60.0 Å². The number of rotatable bonds is 2. The molecule has 0 aliphatic carbocycles. The first-order chi connectivity index (χ1) is 10.3. The van der Waals surface area contributed by atoms with E-state index in [-0.39, 0.29) is 0 Å². The second-order valence-electron chi connectivity index (χ2n) is 4.44. The summed E-state index contributed by atoms with van der Waals surface area (Å²) >= 11 is 3.43. The predicted octanol–water partition coefficient (Wildman–Crippen LogP) is 2.76. The summed E-state index contributed by atoms with van der Waals surface area (Å²) in [6, 6.07) is 7.91. The second kappa shape index (κ2) is 4.78. The molecule has 6 nitrogen and oxygen atoms in total. The Morgan fingerprint density at radius 2 is 1.90 bits per heavy atom. The lowest BCUT2D eigenvalue weighted by Crippen LogP contribution is -2.00. The summed E-state index contributed by atoms with van der Waals surface area (Å²) in [5.74, 6) is 0.765. The SMILES string of the molecule is Brc1ccc(-n2ncc3c(-n4ccnc4)ncnc32)cc1. The number of halogens is 1. The molecule has 4 rings (SSSR count). The van der Waals surface area contributed by atoms with Crippen molar-refractivity contribution in [2.75, 3.05) is 0 Å². The van der Waals surface area contributed by atoms with Gasteiger partial charge in [-0.25, -0.2) is 19.6 Å². The van der Waals surface area contributed by atoms with E-state index in [0.717, 1.165) is 27.0 Å². The van der Waals surface area contributed by atoms with Crippen LogP contribution in [0.15, 0.2) is 60.0 Å².